The van der Waals surface area contributed by atoms with E-state index >= 15 is 0 Å². The quantitative estimate of drug-likeness (QED) is 0.325. The van der Waals surface area contributed by atoms with Gasteiger partial charge in [-0.3, -0.25) is 9.36 Å². The van der Waals surface area contributed by atoms with Crippen LogP contribution in [0.5, 0.6) is 0 Å². The summed E-state index contributed by atoms with van der Waals surface area (Å²) in [5.41, 5.74) is 5.45. The maximum absolute atomic E-state index is 13.4. The monoisotopic (exact) mass is 452 g/mol. The van der Waals surface area contributed by atoms with E-state index in [4.69, 9.17) is 4.74 Å². The Morgan fingerprint density at radius 1 is 0.909 bits per heavy atom. The van der Waals surface area contributed by atoms with Crippen LogP contribution in [0.1, 0.15) is 15.9 Å². The van der Waals surface area contributed by atoms with Crippen molar-refractivity contribution in [3.63, 3.8) is 0 Å². The van der Waals surface area contributed by atoms with Crippen LogP contribution in [0.15, 0.2) is 95.4 Å². The number of esters is 1. The lowest BCUT2D eigenvalue weighted by atomic mass is 10.0. The summed E-state index contributed by atoms with van der Waals surface area (Å²) < 4.78 is 6.34. The average Bonchev–Trinajstić information content (AvgIpc) is 3.31. The van der Waals surface area contributed by atoms with Crippen LogP contribution in [0.3, 0.4) is 0 Å². The van der Waals surface area contributed by atoms with E-state index < -0.39 is 0 Å². The van der Waals surface area contributed by atoms with Gasteiger partial charge in [0.05, 0.1) is 30.9 Å². The molecule has 0 aliphatic carbocycles. The van der Waals surface area contributed by atoms with Crippen LogP contribution in [-0.2, 0) is 11.3 Å². The van der Waals surface area contributed by atoms with E-state index in [1.54, 1.807) is 23.0 Å². The summed E-state index contributed by atoms with van der Waals surface area (Å²) in [6.45, 7) is 0.367. The van der Waals surface area contributed by atoms with Gasteiger partial charge in [0.1, 0.15) is 4.83 Å². The van der Waals surface area contributed by atoms with Gasteiger partial charge in [0.15, 0.2) is 0 Å². The molecule has 2 heterocycles. The number of hydrogen-bond acceptors (Lipinski definition) is 5. The fourth-order valence-corrected chi connectivity index (χ4v) is 4.73. The van der Waals surface area contributed by atoms with Crippen LogP contribution in [-0.4, -0.2) is 22.6 Å². The first-order valence-corrected chi connectivity index (χ1v) is 11.3. The second-order valence-corrected chi connectivity index (χ2v) is 8.50. The van der Waals surface area contributed by atoms with Crippen LogP contribution < -0.4 is 5.56 Å². The highest BCUT2D eigenvalue weighted by Crippen LogP contribution is 2.32. The van der Waals surface area contributed by atoms with Crippen molar-refractivity contribution in [2.45, 2.75) is 6.54 Å². The number of hydrogen-bond donors (Lipinski definition) is 0. The van der Waals surface area contributed by atoms with Gasteiger partial charge in [-0.05, 0) is 34.4 Å². The number of fused-ring (bicyclic) bond motifs is 1. The van der Waals surface area contributed by atoms with Crippen molar-refractivity contribution < 1.29 is 9.53 Å². The Bertz CT molecular complexity index is 1490. The van der Waals surface area contributed by atoms with E-state index in [9.17, 15) is 9.59 Å². The Hall–Kier alpha value is -4.03. The first kappa shape index (κ1) is 20.8. The van der Waals surface area contributed by atoms with E-state index in [1.165, 1.54) is 18.4 Å². The fraction of sp³-hybridized carbons (Fsp3) is 0.0741. The number of benzene rings is 3. The Balaban J connectivity index is 1.48. The van der Waals surface area contributed by atoms with E-state index in [0.29, 0.717) is 17.5 Å². The predicted molar refractivity (Wildman–Crippen MR) is 132 cm³/mol. The molecular formula is C27H20N2O3S. The van der Waals surface area contributed by atoms with Crippen molar-refractivity contribution in [1.29, 1.82) is 0 Å². The summed E-state index contributed by atoms with van der Waals surface area (Å²) >= 11 is 1.47. The number of rotatable bonds is 5. The maximum atomic E-state index is 13.4. The minimum Gasteiger partial charge on any atom is -0.465 e. The van der Waals surface area contributed by atoms with Gasteiger partial charge in [-0.25, -0.2) is 9.78 Å². The standard InChI is InChI=1S/C27H20N2O3S/c1-32-27(31)22-9-7-18(8-10-22)15-29-17-28-25-24(26(29)30)23(16-33-25)21-13-11-20(12-14-21)19-5-3-2-4-6-19/h2-14,16-17H,15H2,1H3. The van der Waals surface area contributed by atoms with E-state index in [2.05, 4.69) is 29.2 Å². The lowest BCUT2D eigenvalue weighted by molar-refractivity contribution is 0.0600. The molecule has 0 fully saturated rings. The molecule has 5 rings (SSSR count). The summed E-state index contributed by atoms with van der Waals surface area (Å²) in [6, 6.07) is 25.5. The number of carbonyl (C=O) groups excluding carboxylic acids is 1. The molecule has 33 heavy (non-hydrogen) atoms. The molecule has 0 unspecified atom stereocenters. The molecule has 5 nitrogen and oxygen atoms in total. The summed E-state index contributed by atoms with van der Waals surface area (Å²) in [5.74, 6) is -0.386. The zero-order valence-corrected chi connectivity index (χ0v) is 18.7. The van der Waals surface area contributed by atoms with Gasteiger partial charge >= 0.3 is 5.97 Å². The highest BCUT2D eigenvalue weighted by molar-refractivity contribution is 7.17. The number of nitrogens with zero attached hydrogens (tertiary/aromatic N) is 2. The lowest BCUT2D eigenvalue weighted by Gasteiger charge is -2.08. The van der Waals surface area contributed by atoms with Crippen molar-refractivity contribution in [2.24, 2.45) is 0 Å². The van der Waals surface area contributed by atoms with Gasteiger partial charge in [0.2, 0.25) is 0 Å². The fourth-order valence-electron chi connectivity index (χ4n) is 3.83. The molecule has 0 spiro atoms. The number of aromatic nitrogens is 2. The van der Waals surface area contributed by atoms with Crippen molar-refractivity contribution in [2.75, 3.05) is 7.11 Å². The number of ether oxygens (including phenoxy) is 1. The zero-order chi connectivity index (χ0) is 22.8. The third kappa shape index (κ3) is 4.08. The van der Waals surface area contributed by atoms with Gasteiger partial charge < -0.3 is 4.74 Å². The number of thiophene rings is 1. The molecule has 0 aliphatic heterocycles. The topological polar surface area (TPSA) is 61.2 Å². The average molecular weight is 453 g/mol. The number of carbonyl (C=O) groups is 1. The molecule has 0 saturated carbocycles. The van der Waals surface area contributed by atoms with Crippen molar-refractivity contribution in [3.05, 3.63) is 112 Å². The van der Waals surface area contributed by atoms with Gasteiger partial charge in [-0.15, -0.1) is 11.3 Å². The second-order valence-electron chi connectivity index (χ2n) is 7.64. The van der Waals surface area contributed by atoms with Gasteiger partial charge in [-0.1, -0.05) is 66.7 Å². The molecular weight excluding hydrogens is 432 g/mol. The molecule has 0 N–H and O–H groups in total. The van der Waals surface area contributed by atoms with Crippen LogP contribution in [0.25, 0.3) is 32.5 Å². The first-order chi connectivity index (χ1) is 16.1. The summed E-state index contributed by atoms with van der Waals surface area (Å²) in [7, 11) is 1.35. The van der Waals surface area contributed by atoms with Crippen LogP contribution in [0.4, 0.5) is 0 Å². The molecule has 0 bridgehead atoms. The normalized spacial score (nSPS) is 10.9. The summed E-state index contributed by atoms with van der Waals surface area (Å²) in [5, 5.41) is 2.62. The smallest absolute Gasteiger partial charge is 0.337 e. The molecule has 0 amide bonds. The lowest BCUT2D eigenvalue weighted by Crippen LogP contribution is -2.21. The Labute approximate surface area is 194 Å². The summed E-state index contributed by atoms with van der Waals surface area (Å²) in [6.07, 6.45) is 1.58. The minimum atomic E-state index is -0.386. The van der Waals surface area contributed by atoms with E-state index in [-0.39, 0.29) is 11.5 Å². The van der Waals surface area contributed by atoms with Crippen molar-refractivity contribution in [3.8, 4) is 22.3 Å². The van der Waals surface area contributed by atoms with E-state index in [0.717, 1.165) is 32.6 Å². The highest BCUT2D eigenvalue weighted by Gasteiger charge is 2.14. The van der Waals surface area contributed by atoms with Crippen LogP contribution in [0.2, 0.25) is 0 Å². The molecule has 2 aromatic heterocycles. The highest BCUT2D eigenvalue weighted by atomic mass is 32.1. The SMILES string of the molecule is COC(=O)c1ccc(Cn2cnc3scc(-c4ccc(-c5ccccc5)cc4)c3c2=O)cc1. The molecule has 5 aromatic rings. The van der Waals surface area contributed by atoms with Gasteiger partial charge in [0.25, 0.3) is 5.56 Å². The van der Waals surface area contributed by atoms with E-state index in [1.807, 2.05) is 47.8 Å². The maximum Gasteiger partial charge on any atom is 0.337 e. The molecule has 6 heteroatoms. The van der Waals surface area contributed by atoms with Crippen molar-refractivity contribution >= 4 is 27.5 Å². The molecule has 0 radical (unpaired) electrons. The van der Waals surface area contributed by atoms with Crippen LogP contribution >= 0.6 is 11.3 Å². The molecule has 3 aromatic carbocycles. The predicted octanol–water partition coefficient (Wildman–Crippen LogP) is 5.63. The van der Waals surface area contributed by atoms with Crippen molar-refractivity contribution in [1.82, 2.24) is 9.55 Å². The molecule has 162 valence electrons. The van der Waals surface area contributed by atoms with Gasteiger partial charge in [0, 0.05) is 10.9 Å². The number of methoxy groups -OCH3 is 1. The zero-order valence-electron chi connectivity index (χ0n) is 17.9. The Morgan fingerprint density at radius 3 is 2.27 bits per heavy atom. The summed E-state index contributed by atoms with van der Waals surface area (Å²) in [4.78, 5) is 30.2. The largest absolute Gasteiger partial charge is 0.465 e. The molecule has 0 atom stereocenters. The molecule has 0 saturated heterocycles. The van der Waals surface area contributed by atoms with Gasteiger partial charge in [-0.2, -0.15) is 0 Å². The second kappa shape index (κ2) is 8.84. The Kier molecular flexibility index (Phi) is 5.59. The first-order valence-electron chi connectivity index (χ1n) is 10.4. The Morgan fingerprint density at radius 2 is 1.58 bits per heavy atom. The van der Waals surface area contributed by atoms with Crippen LogP contribution in [0, 0.1) is 0 Å². The third-order valence-corrected chi connectivity index (χ3v) is 6.48. The third-order valence-electron chi connectivity index (χ3n) is 5.59. The minimum absolute atomic E-state index is 0.0829. The molecule has 0 aliphatic rings.